The van der Waals surface area contributed by atoms with Crippen molar-refractivity contribution in [2.45, 2.75) is 5.16 Å². The van der Waals surface area contributed by atoms with Gasteiger partial charge in [0.25, 0.3) is 0 Å². The van der Waals surface area contributed by atoms with E-state index in [0.717, 1.165) is 22.1 Å². The predicted molar refractivity (Wildman–Crippen MR) is 90.5 cm³/mol. The molecule has 0 unspecified atom stereocenters. The Hall–Kier alpha value is -2.51. The average molecular weight is 305 g/mol. The van der Waals surface area contributed by atoms with Crippen molar-refractivity contribution in [3.8, 4) is 23.2 Å². The molecular weight excluding hydrogens is 290 g/mol. The van der Waals surface area contributed by atoms with E-state index in [-0.39, 0.29) is 0 Å². The monoisotopic (exact) mass is 305 g/mol. The lowest BCUT2D eigenvalue weighted by molar-refractivity contribution is 0.795. The van der Waals surface area contributed by atoms with Gasteiger partial charge < -0.3 is 4.57 Å². The van der Waals surface area contributed by atoms with E-state index >= 15 is 0 Å². The van der Waals surface area contributed by atoms with Crippen LogP contribution in [0.3, 0.4) is 0 Å². The Kier molecular flexibility index (Phi) is 4.57. The van der Waals surface area contributed by atoms with Crippen LogP contribution in [0.5, 0.6) is 0 Å². The molecule has 3 aromatic rings. The van der Waals surface area contributed by atoms with Crippen molar-refractivity contribution in [3.63, 3.8) is 0 Å². The Morgan fingerprint density at radius 3 is 2.36 bits per heavy atom. The quantitative estimate of drug-likeness (QED) is 0.547. The third-order valence-electron chi connectivity index (χ3n) is 3.15. The fourth-order valence-corrected chi connectivity index (χ4v) is 2.69. The van der Waals surface area contributed by atoms with Gasteiger partial charge in [0.1, 0.15) is 0 Å². The van der Waals surface area contributed by atoms with Crippen LogP contribution in [-0.4, -0.2) is 20.5 Å². The first-order valence-electron chi connectivity index (χ1n) is 6.96. The van der Waals surface area contributed by atoms with Crippen LogP contribution in [0.4, 0.5) is 0 Å². The molecule has 0 aliphatic heterocycles. The van der Waals surface area contributed by atoms with E-state index in [0.29, 0.717) is 5.75 Å². The molecule has 0 amide bonds. The molecule has 2 aromatic carbocycles. The van der Waals surface area contributed by atoms with Gasteiger partial charge in [0.05, 0.1) is 5.75 Å². The number of rotatable bonds is 3. The zero-order valence-electron chi connectivity index (χ0n) is 12.2. The fraction of sp³-hybridized carbons (Fsp3) is 0.111. The van der Waals surface area contributed by atoms with Crippen molar-refractivity contribution in [2.24, 2.45) is 7.05 Å². The molecule has 0 aliphatic rings. The number of hydrogen-bond donors (Lipinski definition) is 0. The zero-order valence-corrected chi connectivity index (χ0v) is 13.0. The summed E-state index contributed by atoms with van der Waals surface area (Å²) in [6.45, 7) is 0. The fourth-order valence-electron chi connectivity index (χ4n) is 2.04. The Morgan fingerprint density at radius 2 is 1.64 bits per heavy atom. The highest BCUT2D eigenvalue weighted by atomic mass is 32.2. The summed E-state index contributed by atoms with van der Waals surface area (Å²) in [4.78, 5) is 0. The minimum absolute atomic E-state index is 0.690. The van der Waals surface area contributed by atoms with Gasteiger partial charge >= 0.3 is 0 Å². The number of thioether (sulfide) groups is 1. The molecule has 0 bridgehead atoms. The maximum absolute atomic E-state index is 4.27. The summed E-state index contributed by atoms with van der Waals surface area (Å²) in [5.41, 5.74) is 2.10. The third kappa shape index (κ3) is 3.38. The van der Waals surface area contributed by atoms with Crippen LogP contribution in [0.1, 0.15) is 5.56 Å². The van der Waals surface area contributed by atoms with Crippen molar-refractivity contribution >= 4 is 11.8 Å². The third-order valence-corrected chi connectivity index (χ3v) is 4.05. The molecule has 0 fully saturated rings. The van der Waals surface area contributed by atoms with Crippen LogP contribution in [0.2, 0.25) is 0 Å². The normalized spacial score (nSPS) is 10.0. The van der Waals surface area contributed by atoms with Crippen LogP contribution < -0.4 is 0 Å². The van der Waals surface area contributed by atoms with Gasteiger partial charge in [-0.15, -0.1) is 10.2 Å². The smallest absolute Gasteiger partial charge is 0.192 e. The van der Waals surface area contributed by atoms with E-state index in [9.17, 15) is 0 Å². The molecule has 1 heterocycles. The van der Waals surface area contributed by atoms with E-state index in [4.69, 9.17) is 0 Å². The summed E-state index contributed by atoms with van der Waals surface area (Å²) >= 11 is 1.60. The molecule has 0 spiro atoms. The Bertz CT molecular complexity index is 799. The van der Waals surface area contributed by atoms with Gasteiger partial charge in [-0.1, -0.05) is 72.1 Å². The van der Waals surface area contributed by atoms with Gasteiger partial charge in [0.15, 0.2) is 11.0 Å². The molecular formula is C18H15N3S. The molecule has 0 aliphatic carbocycles. The first kappa shape index (κ1) is 14.4. The largest absolute Gasteiger partial charge is 0.305 e. The van der Waals surface area contributed by atoms with E-state index < -0.39 is 0 Å². The lowest BCUT2D eigenvalue weighted by Gasteiger charge is -2.02. The van der Waals surface area contributed by atoms with E-state index in [1.807, 2.05) is 72.3 Å². The minimum Gasteiger partial charge on any atom is -0.305 e. The van der Waals surface area contributed by atoms with Crippen LogP contribution in [0, 0.1) is 11.8 Å². The summed E-state index contributed by atoms with van der Waals surface area (Å²) < 4.78 is 2.00. The molecule has 0 saturated heterocycles. The molecule has 3 nitrogen and oxygen atoms in total. The number of nitrogens with zero attached hydrogens (tertiary/aromatic N) is 3. The lowest BCUT2D eigenvalue weighted by Crippen LogP contribution is -1.94. The van der Waals surface area contributed by atoms with Crippen molar-refractivity contribution in [3.05, 3.63) is 66.2 Å². The second-order valence-corrected chi connectivity index (χ2v) is 5.63. The molecule has 0 atom stereocenters. The zero-order chi connectivity index (χ0) is 15.2. The SMILES string of the molecule is Cn1c(SCC#Cc2ccccc2)nnc1-c1ccccc1. The summed E-state index contributed by atoms with van der Waals surface area (Å²) in [7, 11) is 1.98. The summed E-state index contributed by atoms with van der Waals surface area (Å²) in [5.74, 6) is 7.87. The molecule has 1 aromatic heterocycles. The van der Waals surface area contributed by atoms with Gasteiger partial charge in [-0.05, 0) is 12.1 Å². The van der Waals surface area contributed by atoms with Crippen LogP contribution in [0.25, 0.3) is 11.4 Å². The van der Waals surface area contributed by atoms with Crippen molar-refractivity contribution in [1.82, 2.24) is 14.8 Å². The van der Waals surface area contributed by atoms with Gasteiger partial charge in [0, 0.05) is 18.2 Å². The molecule has 108 valence electrons. The Labute approximate surface area is 134 Å². The van der Waals surface area contributed by atoms with Gasteiger partial charge in [-0.2, -0.15) is 0 Å². The summed E-state index contributed by atoms with van der Waals surface area (Å²) in [6.07, 6.45) is 0. The molecule has 0 radical (unpaired) electrons. The van der Waals surface area contributed by atoms with Crippen LogP contribution in [-0.2, 0) is 7.05 Å². The summed E-state index contributed by atoms with van der Waals surface area (Å²) in [6, 6.07) is 20.1. The lowest BCUT2D eigenvalue weighted by atomic mass is 10.2. The Balaban J connectivity index is 1.67. The number of benzene rings is 2. The van der Waals surface area contributed by atoms with Gasteiger partial charge in [-0.25, -0.2) is 0 Å². The summed E-state index contributed by atoms with van der Waals surface area (Å²) in [5, 5.41) is 9.39. The standard InChI is InChI=1S/C18H15N3S/c1-21-17(16-12-6-3-7-13-16)19-20-18(21)22-14-8-11-15-9-4-2-5-10-15/h2-7,9-10,12-13H,14H2,1H3. The van der Waals surface area contributed by atoms with E-state index in [1.54, 1.807) is 11.8 Å². The van der Waals surface area contributed by atoms with Gasteiger partial charge in [-0.3, -0.25) is 0 Å². The van der Waals surface area contributed by atoms with E-state index in [1.165, 1.54) is 0 Å². The van der Waals surface area contributed by atoms with Crippen molar-refractivity contribution < 1.29 is 0 Å². The van der Waals surface area contributed by atoms with Crippen molar-refractivity contribution in [2.75, 3.05) is 5.75 Å². The van der Waals surface area contributed by atoms with Crippen LogP contribution >= 0.6 is 11.8 Å². The highest BCUT2D eigenvalue weighted by Gasteiger charge is 2.09. The van der Waals surface area contributed by atoms with Gasteiger partial charge in [0.2, 0.25) is 0 Å². The molecule has 22 heavy (non-hydrogen) atoms. The minimum atomic E-state index is 0.690. The van der Waals surface area contributed by atoms with Crippen molar-refractivity contribution in [1.29, 1.82) is 0 Å². The Morgan fingerprint density at radius 1 is 0.955 bits per heavy atom. The molecule has 0 N–H and O–H groups in total. The topological polar surface area (TPSA) is 30.7 Å². The average Bonchev–Trinajstić information content (AvgIpc) is 2.94. The van der Waals surface area contributed by atoms with Crippen LogP contribution in [0.15, 0.2) is 65.8 Å². The first-order valence-corrected chi connectivity index (χ1v) is 7.94. The maximum atomic E-state index is 4.27. The second-order valence-electron chi connectivity index (χ2n) is 4.69. The molecule has 4 heteroatoms. The highest BCUT2D eigenvalue weighted by Crippen LogP contribution is 2.21. The maximum Gasteiger partial charge on any atom is 0.192 e. The second kappa shape index (κ2) is 6.97. The predicted octanol–water partition coefficient (Wildman–Crippen LogP) is 3.63. The number of hydrogen-bond acceptors (Lipinski definition) is 3. The highest BCUT2D eigenvalue weighted by molar-refractivity contribution is 7.99. The first-order chi connectivity index (χ1) is 10.8. The molecule has 0 saturated carbocycles. The molecule has 3 rings (SSSR count). The van der Waals surface area contributed by atoms with E-state index in [2.05, 4.69) is 22.0 Å². The number of aromatic nitrogens is 3.